The van der Waals surface area contributed by atoms with E-state index >= 15 is 0 Å². The number of hydrogen-bond acceptors (Lipinski definition) is 5. The van der Waals surface area contributed by atoms with Crippen molar-refractivity contribution in [3.63, 3.8) is 0 Å². The van der Waals surface area contributed by atoms with Crippen LogP contribution < -0.4 is 10.5 Å². The molecule has 0 saturated carbocycles. The third kappa shape index (κ3) is 4.69. The Hall–Kier alpha value is -2.61. The molecule has 0 aromatic heterocycles. The quantitative estimate of drug-likeness (QED) is 0.729. The van der Waals surface area contributed by atoms with Gasteiger partial charge in [-0.1, -0.05) is 12.1 Å². The highest BCUT2D eigenvalue weighted by Gasteiger charge is 2.27. The van der Waals surface area contributed by atoms with Crippen molar-refractivity contribution in [1.29, 1.82) is 0 Å². The van der Waals surface area contributed by atoms with Crippen LogP contribution in [0.5, 0.6) is 5.75 Å². The fourth-order valence-corrected chi connectivity index (χ4v) is 2.51. The summed E-state index contributed by atoms with van der Waals surface area (Å²) in [5, 5.41) is 17.7. The van der Waals surface area contributed by atoms with Gasteiger partial charge in [-0.3, -0.25) is 9.59 Å². The molecule has 0 bridgehead atoms. The molecule has 8 nitrogen and oxygen atoms in total. The fourth-order valence-electron chi connectivity index (χ4n) is 2.51. The van der Waals surface area contributed by atoms with Crippen molar-refractivity contribution in [2.75, 3.05) is 13.1 Å². The van der Waals surface area contributed by atoms with E-state index in [2.05, 4.69) is 0 Å². The van der Waals surface area contributed by atoms with E-state index < -0.39 is 30.0 Å². The molecule has 1 heterocycles. The van der Waals surface area contributed by atoms with E-state index in [0.29, 0.717) is 31.7 Å². The minimum atomic E-state index is -1.07. The topological polar surface area (TPSA) is 130 Å². The molecule has 8 heteroatoms. The van der Waals surface area contributed by atoms with Crippen LogP contribution in [0, 0.1) is 5.92 Å². The molecule has 1 amide bonds. The highest BCUT2D eigenvalue weighted by molar-refractivity contribution is 5.74. The molecule has 0 unspecified atom stereocenters. The first-order valence-electron chi connectivity index (χ1n) is 7.63. The maximum Gasteiger partial charge on any atom is 0.415 e. The van der Waals surface area contributed by atoms with Crippen LogP contribution in [0.3, 0.4) is 0 Å². The molecule has 1 aromatic carbocycles. The third-order valence-corrected chi connectivity index (χ3v) is 4.00. The number of nitrogens with zero attached hydrogens (tertiary/aromatic N) is 1. The molecule has 0 aliphatic carbocycles. The second-order valence-corrected chi connectivity index (χ2v) is 5.76. The minimum absolute atomic E-state index is 0.187. The third-order valence-electron chi connectivity index (χ3n) is 4.00. The second-order valence-electron chi connectivity index (χ2n) is 5.76. The molecule has 1 aromatic rings. The van der Waals surface area contributed by atoms with E-state index in [1.807, 2.05) is 0 Å². The number of likely N-dealkylation sites (tertiary alicyclic amines) is 1. The summed E-state index contributed by atoms with van der Waals surface area (Å²) in [6, 6.07) is 5.48. The lowest BCUT2D eigenvalue weighted by molar-refractivity contribution is -0.143. The number of rotatable bonds is 5. The van der Waals surface area contributed by atoms with Gasteiger partial charge in [0.1, 0.15) is 11.8 Å². The molecule has 1 aliphatic heterocycles. The van der Waals surface area contributed by atoms with Crippen molar-refractivity contribution in [3.05, 3.63) is 29.8 Å². The molecule has 1 atom stereocenters. The summed E-state index contributed by atoms with van der Waals surface area (Å²) >= 11 is 0. The Kier molecular flexibility index (Phi) is 5.75. The number of benzene rings is 1. The predicted molar refractivity (Wildman–Crippen MR) is 83.7 cm³/mol. The number of carbonyl (C=O) groups is 3. The average Bonchev–Trinajstić information content (AvgIpc) is 2.56. The molecule has 130 valence electrons. The maximum absolute atomic E-state index is 12.1. The van der Waals surface area contributed by atoms with Crippen LogP contribution in [0.2, 0.25) is 0 Å². The Morgan fingerprint density at radius 1 is 1.17 bits per heavy atom. The molecule has 24 heavy (non-hydrogen) atoms. The summed E-state index contributed by atoms with van der Waals surface area (Å²) in [4.78, 5) is 35.1. The Balaban J connectivity index is 1.86. The molecule has 4 N–H and O–H groups in total. The lowest BCUT2D eigenvalue weighted by Crippen LogP contribution is -2.41. The minimum Gasteiger partial charge on any atom is -0.481 e. The number of carbonyl (C=O) groups excluding carboxylic acids is 1. The molecular weight excluding hydrogens is 316 g/mol. The Labute approximate surface area is 138 Å². The zero-order chi connectivity index (χ0) is 17.7. The summed E-state index contributed by atoms with van der Waals surface area (Å²) in [6.07, 6.45) is 0.493. The van der Waals surface area contributed by atoms with Crippen LogP contribution in [0.25, 0.3) is 0 Å². The van der Waals surface area contributed by atoms with Gasteiger partial charge in [-0.15, -0.1) is 0 Å². The van der Waals surface area contributed by atoms with Crippen LogP contribution in [-0.2, 0) is 16.0 Å². The van der Waals surface area contributed by atoms with Crippen molar-refractivity contribution in [3.8, 4) is 5.75 Å². The van der Waals surface area contributed by atoms with Gasteiger partial charge >= 0.3 is 18.0 Å². The van der Waals surface area contributed by atoms with Gasteiger partial charge in [-0.05, 0) is 37.0 Å². The summed E-state index contributed by atoms with van der Waals surface area (Å²) < 4.78 is 5.25. The number of piperidine rings is 1. The summed E-state index contributed by atoms with van der Waals surface area (Å²) in [7, 11) is 0. The molecule has 2 rings (SSSR count). The first-order chi connectivity index (χ1) is 11.4. The van der Waals surface area contributed by atoms with Gasteiger partial charge in [0.05, 0.1) is 5.92 Å². The zero-order valence-electron chi connectivity index (χ0n) is 13.1. The summed E-state index contributed by atoms with van der Waals surface area (Å²) in [5.41, 5.74) is 6.19. The van der Waals surface area contributed by atoms with Gasteiger partial charge in [-0.25, -0.2) is 4.79 Å². The van der Waals surface area contributed by atoms with Crippen LogP contribution in [-0.4, -0.2) is 52.3 Å². The lowest BCUT2D eigenvalue weighted by Gasteiger charge is -2.29. The monoisotopic (exact) mass is 336 g/mol. The van der Waals surface area contributed by atoms with Crippen LogP contribution in [0.15, 0.2) is 24.3 Å². The number of carboxylic acid groups (broad SMARTS) is 2. The molecule has 0 spiro atoms. The smallest absolute Gasteiger partial charge is 0.415 e. The fraction of sp³-hybridized carbons (Fsp3) is 0.438. The van der Waals surface area contributed by atoms with E-state index in [4.69, 9.17) is 20.7 Å². The molecule has 1 aliphatic rings. The number of amides is 1. The van der Waals surface area contributed by atoms with E-state index in [1.54, 1.807) is 24.3 Å². The summed E-state index contributed by atoms with van der Waals surface area (Å²) in [6.45, 7) is 0.697. The first kappa shape index (κ1) is 17.7. The van der Waals surface area contributed by atoms with E-state index in [-0.39, 0.29) is 6.42 Å². The molecule has 1 fully saturated rings. The van der Waals surface area contributed by atoms with Crippen molar-refractivity contribution < 1.29 is 29.3 Å². The van der Waals surface area contributed by atoms with E-state index in [1.165, 1.54) is 4.90 Å². The SMILES string of the molecule is N[C@@H](Cc1ccc(OC(=O)N2CCC(C(=O)O)CC2)cc1)C(=O)O. The average molecular weight is 336 g/mol. The normalized spacial score (nSPS) is 16.5. The number of aliphatic carboxylic acids is 2. The van der Waals surface area contributed by atoms with Gasteiger partial charge in [-0.2, -0.15) is 0 Å². The number of carboxylic acids is 2. The molecule has 1 saturated heterocycles. The number of ether oxygens (including phenoxy) is 1. The Morgan fingerprint density at radius 2 is 1.75 bits per heavy atom. The highest BCUT2D eigenvalue weighted by atomic mass is 16.6. The van der Waals surface area contributed by atoms with Crippen LogP contribution in [0.4, 0.5) is 4.79 Å². The lowest BCUT2D eigenvalue weighted by atomic mass is 9.97. The standard InChI is InChI=1S/C16H20N2O6/c17-13(15(21)22)9-10-1-3-12(4-2-10)24-16(23)18-7-5-11(6-8-18)14(19)20/h1-4,11,13H,5-9,17H2,(H,19,20)(H,21,22)/t13-/m0/s1. The van der Waals surface area contributed by atoms with Crippen LogP contribution >= 0.6 is 0 Å². The van der Waals surface area contributed by atoms with Crippen molar-refractivity contribution >= 4 is 18.0 Å². The van der Waals surface area contributed by atoms with Gasteiger partial charge in [0.2, 0.25) is 0 Å². The van der Waals surface area contributed by atoms with Gasteiger partial charge < -0.3 is 25.6 Å². The first-order valence-corrected chi connectivity index (χ1v) is 7.63. The van der Waals surface area contributed by atoms with E-state index in [0.717, 1.165) is 5.56 Å². The predicted octanol–water partition coefficient (Wildman–Crippen LogP) is 0.936. The van der Waals surface area contributed by atoms with Gasteiger partial charge in [0, 0.05) is 13.1 Å². The van der Waals surface area contributed by atoms with Crippen molar-refractivity contribution in [2.45, 2.75) is 25.3 Å². The van der Waals surface area contributed by atoms with Crippen molar-refractivity contribution in [2.24, 2.45) is 11.7 Å². The van der Waals surface area contributed by atoms with Gasteiger partial charge in [0.25, 0.3) is 0 Å². The Bertz CT molecular complexity index is 607. The van der Waals surface area contributed by atoms with Gasteiger partial charge in [0.15, 0.2) is 0 Å². The molecule has 0 radical (unpaired) electrons. The second kappa shape index (κ2) is 7.78. The largest absolute Gasteiger partial charge is 0.481 e. The Morgan fingerprint density at radius 3 is 2.25 bits per heavy atom. The number of hydrogen-bond donors (Lipinski definition) is 3. The number of nitrogens with two attached hydrogens (primary N) is 1. The summed E-state index contributed by atoms with van der Waals surface area (Å²) in [5.74, 6) is -1.98. The van der Waals surface area contributed by atoms with Crippen molar-refractivity contribution in [1.82, 2.24) is 4.90 Å². The maximum atomic E-state index is 12.1. The zero-order valence-corrected chi connectivity index (χ0v) is 13.1. The molecular formula is C16H20N2O6. The van der Waals surface area contributed by atoms with Crippen LogP contribution in [0.1, 0.15) is 18.4 Å². The van der Waals surface area contributed by atoms with E-state index in [9.17, 15) is 14.4 Å². The highest BCUT2D eigenvalue weighted by Crippen LogP contribution is 2.20.